The van der Waals surface area contributed by atoms with E-state index in [1.54, 1.807) is 28.4 Å². The number of hydrogen-bond donors (Lipinski definition) is 0. The van der Waals surface area contributed by atoms with Gasteiger partial charge in [0.2, 0.25) is 11.8 Å². The molecule has 1 aliphatic heterocycles. The lowest BCUT2D eigenvalue weighted by atomic mass is 9.93. The Morgan fingerprint density at radius 2 is 2.00 bits per heavy atom. The van der Waals surface area contributed by atoms with Gasteiger partial charge in [0.1, 0.15) is 12.4 Å². The standard InChI is InChI=1S/C21H25FN2O2S/c1-4-14(2)24(15(3)25)13-20(26)23-11-9-19-18(10-12-27-19)21(23)16-5-7-17(22)8-6-16/h5-8,10,12,14,21H,4,9,11,13H2,1-3H3/t14-,21-/m0/s1. The van der Waals surface area contributed by atoms with Gasteiger partial charge >= 0.3 is 0 Å². The summed E-state index contributed by atoms with van der Waals surface area (Å²) in [7, 11) is 0. The number of fused-ring (bicyclic) bond motifs is 1. The molecule has 0 bridgehead atoms. The van der Waals surface area contributed by atoms with Crippen LogP contribution in [-0.2, 0) is 16.0 Å². The average molecular weight is 389 g/mol. The van der Waals surface area contributed by atoms with Gasteiger partial charge in [0.15, 0.2) is 0 Å². The Morgan fingerprint density at radius 3 is 2.63 bits per heavy atom. The van der Waals surface area contributed by atoms with E-state index in [1.165, 1.54) is 23.9 Å². The minimum atomic E-state index is -0.294. The van der Waals surface area contributed by atoms with Gasteiger partial charge in [-0.05, 0) is 54.5 Å². The highest BCUT2D eigenvalue weighted by Gasteiger charge is 2.34. The molecule has 0 spiro atoms. The van der Waals surface area contributed by atoms with E-state index < -0.39 is 0 Å². The maximum Gasteiger partial charge on any atom is 0.243 e. The number of carbonyl (C=O) groups is 2. The molecule has 144 valence electrons. The third-order valence-corrected chi connectivity index (χ3v) is 6.30. The van der Waals surface area contributed by atoms with Gasteiger partial charge < -0.3 is 9.80 Å². The highest BCUT2D eigenvalue weighted by molar-refractivity contribution is 7.10. The lowest BCUT2D eigenvalue weighted by Crippen LogP contribution is -2.48. The van der Waals surface area contributed by atoms with E-state index in [0.29, 0.717) is 6.54 Å². The van der Waals surface area contributed by atoms with Gasteiger partial charge in [-0.1, -0.05) is 19.1 Å². The quantitative estimate of drug-likeness (QED) is 0.777. The fourth-order valence-corrected chi connectivity index (χ4v) is 4.53. The first-order valence-electron chi connectivity index (χ1n) is 9.30. The summed E-state index contributed by atoms with van der Waals surface area (Å²) in [6, 6.07) is 8.16. The van der Waals surface area contributed by atoms with Crippen LogP contribution in [0.2, 0.25) is 0 Å². The molecule has 0 radical (unpaired) electrons. The molecule has 0 N–H and O–H groups in total. The summed E-state index contributed by atoms with van der Waals surface area (Å²) in [5.74, 6) is -0.460. The van der Waals surface area contributed by atoms with Crippen LogP contribution >= 0.6 is 11.3 Å². The van der Waals surface area contributed by atoms with Crippen LogP contribution in [0.5, 0.6) is 0 Å². The van der Waals surface area contributed by atoms with Gasteiger partial charge in [-0.3, -0.25) is 9.59 Å². The molecular weight excluding hydrogens is 363 g/mol. The van der Waals surface area contributed by atoms with E-state index in [0.717, 1.165) is 24.0 Å². The Labute approximate surface area is 163 Å². The second-order valence-corrected chi connectivity index (χ2v) is 8.00. The van der Waals surface area contributed by atoms with Gasteiger partial charge in [0.05, 0.1) is 6.04 Å². The van der Waals surface area contributed by atoms with Crippen LogP contribution < -0.4 is 0 Å². The fraction of sp³-hybridized carbons (Fsp3) is 0.429. The van der Waals surface area contributed by atoms with Crippen LogP contribution in [0.1, 0.15) is 49.2 Å². The van der Waals surface area contributed by atoms with Crippen LogP contribution in [0.4, 0.5) is 4.39 Å². The van der Waals surface area contributed by atoms with Gasteiger partial charge in [0, 0.05) is 24.4 Å². The van der Waals surface area contributed by atoms with Gasteiger partial charge in [-0.2, -0.15) is 0 Å². The summed E-state index contributed by atoms with van der Waals surface area (Å²) in [6.07, 6.45) is 1.60. The van der Waals surface area contributed by atoms with Crippen LogP contribution in [0, 0.1) is 5.82 Å². The third kappa shape index (κ3) is 4.05. The largest absolute Gasteiger partial charge is 0.331 e. The van der Waals surface area contributed by atoms with E-state index in [1.807, 2.05) is 30.2 Å². The van der Waals surface area contributed by atoms with Gasteiger partial charge in [-0.15, -0.1) is 11.3 Å². The Kier molecular flexibility index (Phi) is 5.95. The maximum atomic E-state index is 13.4. The number of carbonyl (C=O) groups excluding carboxylic acids is 2. The molecule has 0 saturated heterocycles. The molecule has 6 heteroatoms. The van der Waals surface area contributed by atoms with Crippen LogP contribution in [-0.4, -0.2) is 40.7 Å². The molecular formula is C21H25FN2O2S. The Morgan fingerprint density at radius 1 is 1.30 bits per heavy atom. The van der Waals surface area contributed by atoms with E-state index in [4.69, 9.17) is 0 Å². The van der Waals surface area contributed by atoms with E-state index in [2.05, 4.69) is 0 Å². The summed E-state index contributed by atoms with van der Waals surface area (Å²) < 4.78 is 13.4. The SMILES string of the molecule is CC[C@H](C)N(CC(=O)N1CCc2sccc2[C@@H]1c1ccc(F)cc1)C(C)=O. The van der Waals surface area contributed by atoms with Crippen LogP contribution in [0.25, 0.3) is 0 Å². The zero-order valence-electron chi connectivity index (χ0n) is 15.9. The summed E-state index contributed by atoms with van der Waals surface area (Å²) in [5, 5.41) is 2.04. The first-order valence-corrected chi connectivity index (χ1v) is 10.2. The van der Waals surface area contributed by atoms with Crippen molar-refractivity contribution >= 4 is 23.2 Å². The van der Waals surface area contributed by atoms with Crippen molar-refractivity contribution in [2.45, 2.75) is 45.7 Å². The molecule has 2 aromatic rings. The summed E-state index contributed by atoms with van der Waals surface area (Å²) in [6.45, 7) is 6.14. The van der Waals surface area contributed by atoms with Crippen molar-refractivity contribution < 1.29 is 14.0 Å². The van der Waals surface area contributed by atoms with Crippen molar-refractivity contribution in [1.82, 2.24) is 9.80 Å². The molecule has 2 heterocycles. The van der Waals surface area contributed by atoms with Gasteiger partial charge in [0.25, 0.3) is 0 Å². The van der Waals surface area contributed by atoms with Crippen LogP contribution in [0.3, 0.4) is 0 Å². The molecule has 1 aliphatic rings. The first kappa shape index (κ1) is 19.5. The highest BCUT2D eigenvalue weighted by Crippen LogP contribution is 2.37. The predicted molar refractivity (Wildman–Crippen MR) is 105 cm³/mol. The zero-order chi connectivity index (χ0) is 19.6. The van der Waals surface area contributed by atoms with E-state index >= 15 is 0 Å². The van der Waals surface area contributed by atoms with Crippen molar-refractivity contribution in [3.63, 3.8) is 0 Å². The Balaban J connectivity index is 1.91. The number of thiophene rings is 1. The second kappa shape index (κ2) is 8.21. The normalized spacial score (nSPS) is 17.3. The van der Waals surface area contributed by atoms with Crippen molar-refractivity contribution in [2.75, 3.05) is 13.1 Å². The van der Waals surface area contributed by atoms with Crippen LogP contribution in [0.15, 0.2) is 35.7 Å². The topological polar surface area (TPSA) is 40.6 Å². The lowest BCUT2D eigenvalue weighted by molar-refractivity contribution is -0.142. The molecule has 27 heavy (non-hydrogen) atoms. The fourth-order valence-electron chi connectivity index (χ4n) is 3.62. The molecule has 0 aliphatic carbocycles. The molecule has 1 aromatic carbocycles. The molecule has 0 saturated carbocycles. The zero-order valence-corrected chi connectivity index (χ0v) is 16.8. The number of hydrogen-bond acceptors (Lipinski definition) is 3. The number of rotatable bonds is 5. The minimum Gasteiger partial charge on any atom is -0.331 e. The van der Waals surface area contributed by atoms with Crippen molar-refractivity contribution in [1.29, 1.82) is 0 Å². The minimum absolute atomic E-state index is 0.0113. The van der Waals surface area contributed by atoms with Gasteiger partial charge in [-0.25, -0.2) is 4.39 Å². The first-order chi connectivity index (χ1) is 12.9. The number of benzene rings is 1. The Hall–Kier alpha value is -2.21. The molecule has 1 aromatic heterocycles. The highest BCUT2D eigenvalue weighted by atomic mass is 32.1. The summed E-state index contributed by atoms with van der Waals surface area (Å²) >= 11 is 1.69. The van der Waals surface area contributed by atoms with Crippen molar-refractivity contribution in [2.24, 2.45) is 0 Å². The predicted octanol–water partition coefficient (Wildman–Crippen LogP) is 4.01. The monoisotopic (exact) mass is 388 g/mol. The molecule has 2 amide bonds. The average Bonchev–Trinajstić information content (AvgIpc) is 3.13. The molecule has 0 unspecified atom stereocenters. The number of nitrogens with zero attached hydrogens (tertiary/aromatic N) is 2. The van der Waals surface area contributed by atoms with Crippen molar-refractivity contribution in [3.05, 3.63) is 57.5 Å². The lowest BCUT2D eigenvalue weighted by Gasteiger charge is -2.38. The number of amides is 2. The Bertz CT molecular complexity index is 818. The summed E-state index contributed by atoms with van der Waals surface area (Å²) in [4.78, 5) is 29.9. The molecule has 3 rings (SSSR count). The maximum absolute atomic E-state index is 13.4. The summed E-state index contributed by atoms with van der Waals surface area (Å²) in [5.41, 5.74) is 1.99. The number of halogens is 1. The van der Waals surface area contributed by atoms with Crippen molar-refractivity contribution in [3.8, 4) is 0 Å². The van der Waals surface area contributed by atoms with E-state index in [9.17, 15) is 14.0 Å². The molecule has 2 atom stereocenters. The second-order valence-electron chi connectivity index (χ2n) is 6.99. The molecule has 0 fully saturated rings. The molecule has 4 nitrogen and oxygen atoms in total. The third-order valence-electron chi connectivity index (χ3n) is 5.30. The smallest absolute Gasteiger partial charge is 0.243 e. The van der Waals surface area contributed by atoms with E-state index in [-0.39, 0.29) is 36.3 Å².